The van der Waals surface area contributed by atoms with E-state index in [1.807, 2.05) is 0 Å². The molecule has 4 atom stereocenters. The van der Waals surface area contributed by atoms with Crippen molar-refractivity contribution in [1.29, 1.82) is 0 Å². The number of aliphatic hydroxyl groups excluding tert-OH is 1. The van der Waals surface area contributed by atoms with Crippen LogP contribution in [-0.2, 0) is 14.2 Å². The van der Waals surface area contributed by atoms with Crippen LogP contribution in [0.15, 0.2) is 30.3 Å². The average Bonchev–Trinajstić information content (AvgIpc) is 2.70. The zero-order chi connectivity index (χ0) is 14.8. The highest BCUT2D eigenvalue weighted by atomic mass is 19.1. The van der Waals surface area contributed by atoms with Crippen LogP contribution in [0, 0.1) is 0 Å². The van der Waals surface area contributed by atoms with Gasteiger partial charge in [-0.25, -0.2) is 9.18 Å². The van der Waals surface area contributed by atoms with Crippen molar-refractivity contribution >= 4 is 5.97 Å². The third kappa shape index (κ3) is 2.67. The van der Waals surface area contributed by atoms with Crippen LogP contribution < -0.4 is 0 Å². The molecule has 6 heteroatoms. The molecule has 1 aliphatic heterocycles. The predicted octanol–water partition coefficient (Wildman–Crippen LogP) is 1.30. The van der Waals surface area contributed by atoms with Crippen molar-refractivity contribution < 1.29 is 28.5 Å². The summed E-state index contributed by atoms with van der Waals surface area (Å²) < 4.78 is 29.9. The summed E-state index contributed by atoms with van der Waals surface area (Å²) in [6.45, 7) is 0.756. The van der Waals surface area contributed by atoms with Crippen LogP contribution in [0.1, 0.15) is 17.3 Å². The molecule has 1 aromatic rings. The fraction of sp³-hybridized carbons (Fsp3) is 0.500. The van der Waals surface area contributed by atoms with Crippen molar-refractivity contribution in [3.63, 3.8) is 0 Å². The molecule has 0 radical (unpaired) electrons. The maximum absolute atomic E-state index is 14.6. The van der Waals surface area contributed by atoms with Crippen molar-refractivity contribution in [3.05, 3.63) is 35.9 Å². The van der Waals surface area contributed by atoms with Gasteiger partial charge in [0.15, 0.2) is 18.1 Å². The zero-order valence-electron chi connectivity index (χ0n) is 11.3. The van der Waals surface area contributed by atoms with Crippen LogP contribution in [-0.4, -0.2) is 49.0 Å². The Bertz CT molecular complexity index is 462. The molecular weight excluding hydrogens is 267 g/mol. The molecule has 5 nitrogen and oxygen atoms in total. The predicted molar refractivity (Wildman–Crippen MR) is 67.9 cm³/mol. The zero-order valence-corrected chi connectivity index (χ0v) is 11.3. The molecule has 0 saturated carbocycles. The first kappa shape index (κ1) is 14.9. The number of methoxy groups -OCH3 is 1. The number of hydrogen-bond acceptors (Lipinski definition) is 5. The molecule has 1 aromatic carbocycles. The van der Waals surface area contributed by atoms with Gasteiger partial charge in [0, 0.05) is 7.11 Å². The minimum atomic E-state index is -2.04. The number of aliphatic hydroxyl groups is 1. The van der Waals surface area contributed by atoms with Gasteiger partial charge in [-0.1, -0.05) is 18.2 Å². The Kier molecular flexibility index (Phi) is 4.37. The van der Waals surface area contributed by atoms with E-state index in [1.54, 1.807) is 30.3 Å². The number of hydrogen-bond donors (Lipinski definition) is 1. The molecule has 1 N–H and O–H groups in total. The SMILES string of the molecule is COC1O[C@H](CO)[C@@H](OC(=O)c2ccccc2)[C@@]1(C)F. The molecule has 2 rings (SSSR count). The Morgan fingerprint density at radius 3 is 2.65 bits per heavy atom. The molecule has 0 spiro atoms. The summed E-state index contributed by atoms with van der Waals surface area (Å²) in [4.78, 5) is 12.0. The molecular formula is C14H17FO5. The molecule has 1 saturated heterocycles. The Labute approximate surface area is 116 Å². The monoisotopic (exact) mass is 284 g/mol. The maximum atomic E-state index is 14.6. The Morgan fingerprint density at radius 2 is 2.10 bits per heavy atom. The van der Waals surface area contributed by atoms with Gasteiger partial charge < -0.3 is 19.3 Å². The normalized spacial score (nSPS) is 33.1. The van der Waals surface area contributed by atoms with Gasteiger partial charge in [0.05, 0.1) is 12.2 Å². The summed E-state index contributed by atoms with van der Waals surface area (Å²) >= 11 is 0. The topological polar surface area (TPSA) is 65.0 Å². The fourth-order valence-electron chi connectivity index (χ4n) is 2.23. The summed E-state index contributed by atoms with van der Waals surface area (Å²) in [7, 11) is 1.29. The third-order valence-corrected chi connectivity index (χ3v) is 3.29. The van der Waals surface area contributed by atoms with Gasteiger partial charge in [0.25, 0.3) is 0 Å². The van der Waals surface area contributed by atoms with Gasteiger partial charge >= 0.3 is 5.97 Å². The number of rotatable bonds is 4. The standard InChI is InChI=1S/C14H17FO5/c1-14(15)11(10(8-16)19-13(14)18-2)20-12(17)9-6-4-3-5-7-9/h3-7,10-11,13,16H,8H2,1-2H3/t10-,11-,13?,14-/m1/s1. The second-order valence-electron chi connectivity index (χ2n) is 4.77. The lowest BCUT2D eigenvalue weighted by molar-refractivity contribution is -0.163. The number of esters is 1. The number of carbonyl (C=O) groups excluding carboxylic acids is 1. The van der Waals surface area contributed by atoms with E-state index in [1.165, 1.54) is 14.0 Å². The minimum Gasteiger partial charge on any atom is -0.452 e. The highest BCUT2D eigenvalue weighted by Crippen LogP contribution is 2.37. The molecule has 1 unspecified atom stereocenters. The van der Waals surface area contributed by atoms with Gasteiger partial charge in [-0.2, -0.15) is 0 Å². The van der Waals surface area contributed by atoms with Crippen LogP contribution in [0.4, 0.5) is 4.39 Å². The quantitative estimate of drug-likeness (QED) is 0.844. The summed E-state index contributed by atoms with van der Waals surface area (Å²) in [5.41, 5.74) is -1.73. The highest BCUT2D eigenvalue weighted by molar-refractivity contribution is 5.89. The largest absolute Gasteiger partial charge is 0.452 e. The van der Waals surface area contributed by atoms with Crippen molar-refractivity contribution in [3.8, 4) is 0 Å². The van der Waals surface area contributed by atoms with Gasteiger partial charge in [-0.3, -0.25) is 0 Å². The minimum absolute atomic E-state index is 0.306. The summed E-state index contributed by atoms with van der Waals surface area (Å²) in [6.07, 6.45) is -3.37. The summed E-state index contributed by atoms with van der Waals surface area (Å²) in [6, 6.07) is 8.24. The van der Waals surface area contributed by atoms with E-state index in [2.05, 4.69) is 0 Å². The highest BCUT2D eigenvalue weighted by Gasteiger charge is 2.57. The van der Waals surface area contributed by atoms with Crippen molar-refractivity contribution in [1.82, 2.24) is 0 Å². The second kappa shape index (κ2) is 5.87. The number of ether oxygens (including phenoxy) is 3. The van der Waals surface area contributed by atoms with E-state index in [4.69, 9.17) is 14.2 Å². The Hall–Kier alpha value is -1.50. The maximum Gasteiger partial charge on any atom is 0.338 e. The van der Waals surface area contributed by atoms with Gasteiger partial charge in [-0.15, -0.1) is 0 Å². The Morgan fingerprint density at radius 1 is 1.45 bits per heavy atom. The lowest BCUT2D eigenvalue weighted by Gasteiger charge is -2.26. The Balaban J connectivity index is 2.16. The number of alkyl halides is 1. The molecule has 1 fully saturated rings. The smallest absolute Gasteiger partial charge is 0.338 e. The van der Waals surface area contributed by atoms with Crippen LogP contribution >= 0.6 is 0 Å². The first-order valence-corrected chi connectivity index (χ1v) is 6.24. The molecule has 0 amide bonds. The number of halogens is 1. The van der Waals surface area contributed by atoms with Crippen molar-refractivity contribution in [2.75, 3.05) is 13.7 Å². The third-order valence-electron chi connectivity index (χ3n) is 3.29. The summed E-state index contributed by atoms with van der Waals surface area (Å²) in [5, 5.41) is 9.23. The first-order chi connectivity index (χ1) is 9.50. The second-order valence-corrected chi connectivity index (χ2v) is 4.77. The number of carbonyl (C=O) groups is 1. The molecule has 0 aromatic heterocycles. The van der Waals surface area contributed by atoms with E-state index >= 15 is 0 Å². The van der Waals surface area contributed by atoms with Crippen LogP contribution in [0.5, 0.6) is 0 Å². The van der Waals surface area contributed by atoms with Crippen molar-refractivity contribution in [2.24, 2.45) is 0 Å². The van der Waals surface area contributed by atoms with Gasteiger partial charge in [0.1, 0.15) is 6.10 Å². The van der Waals surface area contributed by atoms with Crippen LogP contribution in [0.2, 0.25) is 0 Å². The molecule has 1 heterocycles. The van der Waals surface area contributed by atoms with E-state index in [0.717, 1.165) is 0 Å². The van der Waals surface area contributed by atoms with Crippen molar-refractivity contribution in [2.45, 2.75) is 31.1 Å². The lowest BCUT2D eigenvalue weighted by atomic mass is 9.99. The average molecular weight is 284 g/mol. The number of benzene rings is 1. The molecule has 1 aliphatic rings. The first-order valence-electron chi connectivity index (χ1n) is 6.24. The van der Waals surface area contributed by atoms with Gasteiger partial charge in [0.2, 0.25) is 0 Å². The van der Waals surface area contributed by atoms with Crippen LogP contribution in [0.25, 0.3) is 0 Å². The molecule has 0 aliphatic carbocycles. The van der Waals surface area contributed by atoms with E-state index < -0.39 is 36.7 Å². The van der Waals surface area contributed by atoms with E-state index in [0.29, 0.717) is 5.56 Å². The van der Waals surface area contributed by atoms with E-state index in [9.17, 15) is 14.3 Å². The molecule has 0 bridgehead atoms. The van der Waals surface area contributed by atoms with Crippen LogP contribution in [0.3, 0.4) is 0 Å². The molecule has 110 valence electrons. The van der Waals surface area contributed by atoms with Gasteiger partial charge in [-0.05, 0) is 19.1 Å². The fourth-order valence-corrected chi connectivity index (χ4v) is 2.23. The summed E-state index contributed by atoms with van der Waals surface area (Å²) in [5.74, 6) is -0.668. The molecule has 20 heavy (non-hydrogen) atoms. The lowest BCUT2D eigenvalue weighted by Crippen LogP contribution is -2.45. The van der Waals surface area contributed by atoms with E-state index in [-0.39, 0.29) is 0 Å².